The number of rotatable bonds is 7. The normalized spacial score (nSPS) is 12.4. The fraction of sp³-hybridized carbons (Fsp3) is 0.296. The van der Waals surface area contributed by atoms with Gasteiger partial charge >= 0.3 is 0 Å². The van der Waals surface area contributed by atoms with E-state index in [0.717, 1.165) is 28.5 Å². The molecule has 164 valence electrons. The highest BCUT2D eigenvalue weighted by Gasteiger charge is 2.13. The summed E-state index contributed by atoms with van der Waals surface area (Å²) >= 11 is 0. The first-order chi connectivity index (χ1) is 14.5. The van der Waals surface area contributed by atoms with Gasteiger partial charge in [-0.1, -0.05) is 56.7 Å². The van der Waals surface area contributed by atoms with Crippen LogP contribution in [0.1, 0.15) is 44.4 Å². The number of aryl methyl sites for hydroxylation is 2. The molecule has 0 fully saturated rings. The zero-order valence-electron chi connectivity index (χ0n) is 20.0. The first-order valence-corrected chi connectivity index (χ1v) is 10.5. The van der Waals surface area contributed by atoms with E-state index in [-0.39, 0.29) is 5.41 Å². The average Bonchev–Trinajstić information content (AvgIpc) is 2.67. The van der Waals surface area contributed by atoms with Gasteiger partial charge in [-0.05, 0) is 74.2 Å². The Balaban J connectivity index is 1.98. The molecule has 0 aliphatic carbocycles. The smallest absolute Gasteiger partial charge is 0.126 e. The van der Waals surface area contributed by atoms with Gasteiger partial charge in [0.1, 0.15) is 11.7 Å². The second kappa shape index (κ2) is 10.2. The van der Waals surface area contributed by atoms with E-state index >= 15 is 0 Å². The van der Waals surface area contributed by atoms with Crippen molar-refractivity contribution >= 4 is 22.9 Å². The van der Waals surface area contributed by atoms with Crippen molar-refractivity contribution in [2.45, 2.75) is 41.5 Å². The summed E-state index contributed by atoms with van der Waals surface area (Å²) < 4.78 is 0. The molecule has 0 aliphatic rings. The zero-order valence-corrected chi connectivity index (χ0v) is 20.0. The summed E-state index contributed by atoms with van der Waals surface area (Å²) in [6.45, 7) is 21.1. The van der Waals surface area contributed by atoms with E-state index < -0.39 is 0 Å². The van der Waals surface area contributed by atoms with E-state index in [2.05, 4.69) is 99.9 Å². The Hall–Kier alpha value is -3.27. The fourth-order valence-electron chi connectivity index (χ4n) is 2.97. The van der Waals surface area contributed by atoms with Gasteiger partial charge in [0.2, 0.25) is 0 Å². The minimum Gasteiger partial charge on any atom is -0.356 e. The van der Waals surface area contributed by atoms with Crippen LogP contribution in [-0.2, 0) is 0 Å². The lowest BCUT2D eigenvalue weighted by atomic mass is 9.87. The topological polar surface area (TPSA) is 48.5 Å². The summed E-state index contributed by atoms with van der Waals surface area (Å²) in [6, 6.07) is 14.5. The SMILES string of the molecule is C=C(NC(/C=C(\C)C(C)(C)C)=NC)Nc1ccc(NC(=C)c2cc(C)cc(C)c2)cc1. The van der Waals surface area contributed by atoms with E-state index in [9.17, 15) is 0 Å². The number of amidine groups is 1. The second-order valence-electron chi connectivity index (χ2n) is 8.97. The number of benzene rings is 2. The highest BCUT2D eigenvalue weighted by molar-refractivity contribution is 5.95. The molecular weight excluding hydrogens is 380 g/mol. The molecule has 0 bridgehead atoms. The van der Waals surface area contributed by atoms with E-state index in [4.69, 9.17) is 0 Å². The molecule has 0 saturated heterocycles. The molecule has 0 aromatic heterocycles. The highest BCUT2D eigenvalue weighted by atomic mass is 15.1. The molecule has 0 heterocycles. The molecule has 4 nitrogen and oxygen atoms in total. The Morgan fingerprint density at radius 2 is 1.42 bits per heavy atom. The van der Waals surface area contributed by atoms with E-state index in [1.54, 1.807) is 7.05 Å². The highest BCUT2D eigenvalue weighted by Crippen LogP contribution is 2.24. The number of allylic oxidation sites excluding steroid dienone is 1. The summed E-state index contributed by atoms with van der Waals surface area (Å²) in [4.78, 5) is 4.32. The summed E-state index contributed by atoms with van der Waals surface area (Å²) in [5, 5.41) is 9.90. The maximum absolute atomic E-state index is 4.32. The number of anilines is 2. The summed E-state index contributed by atoms with van der Waals surface area (Å²) in [5.41, 5.74) is 7.69. The van der Waals surface area contributed by atoms with Crippen LogP contribution in [0.3, 0.4) is 0 Å². The van der Waals surface area contributed by atoms with Crippen molar-refractivity contribution < 1.29 is 0 Å². The predicted molar refractivity (Wildman–Crippen MR) is 137 cm³/mol. The van der Waals surface area contributed by atoms with Crippen molar-refractivity contribution in [2.24, 2.45) is 10.4 Å². The van der Waals surface area contributed by atoms with Crippen LogP contribution < -0.4 is 16.0 Å². The fourth-order valence-corrected chi connectivity index (χ4v) is 2.97. The molecule has 2 aromatic rings. The van der Waals surface area contributed by atoms with Gasteiger partial charge in [-0.3, -0.25) is 4.99 Å². The molecule has 4 heteroatoms. The van der Waals surface area contributed by atoms with Crippen LogP contribution in [0.15, 0.2) is 78.1 Å². The third kappa shape index (κ3) is 7.49. The van der Waals surface area contributed by atoms with Gasteiger partial charge in [-0.15, -0.1) is 0 Å². The minimum absolute atomic E-state index is 0.0936. The number of aliphatic imine (C=N–C) groups is 1. The van der Waals surface area contributed by atoms with Crippen molar-refractivity contribution in [3.8, 4) is 0 Å². The molecule has 0 amide bonds. The van der Waals surface area contributed by atoms with Crippen molar-refractivity contribution in [2.75, 3.05) is 17.7 Å². The van der Waals surface area contributed by atoms with Gasteiger partial charge in [0.15, 0.2) is 0 Å². The Labute approximate surface area is 187 Å². The molecule has 0 radical (unpaired) electrons. The average molecular weight is 417 g/mol. The molecule has 3 N–H and O–H groups in total. The minimum atomic E-state index is 0.0936. The molecule has 0 saturated carbocycles. The van der Waals surface area contributed by atoms with Crippen molar-refractivity contribution in [1.82, 2.24) is 5.32 Å². The Kier molecular flexibility index (Phi) is 7.87. The lowest BCUT2D eigenvalue weighted by Gasteiger charge is -2.20. The van der Waals surface area contributed by atoms with E-state index in [0.29, 0.717) is 5.82 Å². The molecule has 0 aliphatic heterocycles. The number of nitrogens with zero attached hydrogens (tertiary/aromatic N) is 1. The summed E-state index contributed by atoms with van der Waals surface area (Å²) in [5.74, 6) is 1.44. The third-order valence-corrected chi connectivity index (χ3v) is 5.10. The van der Waals surface area contributed by atoms with Crippen LogP contribution in [0.2, 0.25) is 0 Å². The van der Waals surface area contributed by atoms with E-state index in [1.807, 2.05) is 24.3 Å². The number of hydrogen-bond donors (Lipinski definition) is 3. The lowest BCUT2D eigenvalue weighted by molar-refractivity contribution is 0.504. The van der Waals surface area contributed by atoms with Crippen LogP contribution >= 0.6 is 0 Å². The maximum atomic E-state index is 4.32. The van der Waals surface area contributed by atoms with E-state index in [1.165, 1.54) is 16.7 Å². The lowest BCUT2D eigenvalue weighted by Crippen LogP contribution is -2.25. The van der Waals surface area contributed by atoms with Gasteiger partial charge in [-0.2, -0.15) is 0 Å². The Morgan fingerprint density at radius 3 is 1.90 bits per heavy atom. The van der Waals surface area contributed by atoms with Gasteiger partial charge in [0, 0.05) is 24.1 Å². The van der Waals surface area contributed by atoms with Crippen molar-refractivity contribution in [3.05, 3.63) is 89.8 Å². The monoisotopic (exact) mass is 416 g/mol. The van der Waals surface area contributed by atoms with Crippen LogP contribution in [0.5, 0.6) is 0 Å². The molecular formula is C27H36N4. The van der Waals surface area contributed by atoms with Gasteiger partial charge in [0.05, 0.1) is 0 Å². The number of nitrogens with one attached hydrogen (secondary N) is 3. The first kappa shape index (κ1) is 24.0. The second-order valence-corrected chi connectivity index (χ2v) is 8.97. The first-order valence-electron chi connectivity index (χ1n) is 10.5. The van der Waals surface area contributed by atoms with Crippen LogP contribution in [0.4, 0.5) is 11.4 Å². The van der Waals surface area contributed by atoms with Gasteiger partial charge < -0.3 is 16.0 Å². The summed E-state index contributed by atoms with van der Waals surface area (Å²) in [7, 11) is 1.77. The molecule has 0 unspecified atom stereocenters. The molecule has 2 aromatic carbocycles. The molecule has 0 atom stereocenters. The number of hydrogen-bond acceptors (Lipinski definition) is 3. The predicted octanol–water partition coefficient (Wildman–Crippen LogP) is 6.88. The standard InChI is InChI=1S/C27H36N4/c1-18-14-19(2)16-23(15-18)21(4)29-24-10-12-25(13-11-24)30-22(5)31-26(28-9)17-20(3)27(6,7)8/h10-17,29-30H,4-5H2,1-3,6-9H3,(H,28,31)/b20-17+. The third-order valence-electron chi connectivity index (χ3n) is 5.10. The Bertz CT molecular complexity index is 982. The van der Waals surface area contributed by atoms with Crippen LogP contribution in [0, 0.1) is 19.3 Å². The Morgan fingerprint density at radius 1 is 0.903 bits per heavy atom. The maximum Gasteiger partial charge on any atom is 0.126 e. The largest absolute Gasteiger partial charge is 0.356 e. The molecule has 2 rings (SSSR count). The van der Waals surface area contributed by atoms with Gasteiger partial charge in [0.25, 0.3) is 0 Å². The van der Waals surface area contributed by atoms with Gasteiger partial charge in [-0.25, -0.2) is 0 Å². The van der Waals surface area contributed by atoms with Crippen molar-refractivity contribution in [3.63, 3.8) is 0 Å². The van der Waals surface area contributed by atoms with Crippen LogP contribution in [0.25, 0.3) is 5.70 Å². The van der Waals surface area contributed by atoms with Crippen LogP contribution in [-0.4, -0.2) is 12.9 Å². The molecule has 31 heavy (non-hydrogen) atoms. The quantitative estimate of drug-likeness (QED) is 0.340. The van der Waals surface area contributed by atoms with Crippen molar-refractivity contribution in [1.29, 1.82) is 0 Å². The zero-order chi connectivity index (χ0) is 23.2. The summed E-state index contributed by atoms with van der Waals surface area (Å²) in [6.07, 6.45) is 2.05. The molecule has 0 spiro atoms.